The zero-order valence-corrected chi connectivity index (χ0v) is 12.2. The number of hydrogen-bond donors (Lipinski definition) is 1. The molecule has 5 heteroatoms. The second kappa shape index (κ2) is 6.52. The van der Waals surface area contributed by atoms with Crippen molar-refractivity contribution in [2.45, 2.75) is 39.2 Å². The highest BCUT2D eigenvalue weighted by molar-refractivity contribution is 5.64. The maximum Gasteiger partial charge on any atom is 0.228 e. The first-order valence-corrected chi connectivity index (χ1v) is 6.87. The van der Waals surface area contributed by atoms with Gasteiger partial charge in [-0.3, -0.25) is 0 Å². The Morgan fingerprint density at radius 1 is 1.40 bits per heavy atom. The predicted molar refractivity (Wildman–Crippen MR) is 77.6 cm³/mol. The van der Waals surface area contributed by atoms with Crippen molar-refractivity contribution in [3.05, 3.63) is 29.7 Å². The van der Waals surface area contributed by atoms with Crippen LogP contribution >= 0.6 is 0 Å². The van der Waals surface area contributed by atoms with Crippen molar-refractivity contribution >= 4 is 0 Å². The van der Waals surface area contributed by atoms with Crippen LogP contribution in [0, 0.1) is 6.92 Å². The summed E-state index contributed by atoms with van der Waals surface area (Å²) in [6, 6.07) is 5.95. The first kappa shape index (κ1) is 14.5. The minimum absolute atomic E-state index is 0.0632. The minimum atomic E-state index is 0.0632. The number of rotatable bonds is 6. The minimum Gasteiger partial charge on any atom is -0.496 e. The second-order valence-corrected chi connectivity index (χ2v) is 4.97. The van der Waals surface area contributed by atoms with Gasteiger partial charge in [0.15, 0.2) is 0 Å². The van der Waals surface area contributed by atoms with Crippen molar-refractivity contribution in [1.82, 2.24) is 10.1 Å². The van der Waals surface area contributed by atoms with Gasteiger partial charge < -0.3 is 15.0 Å². The monoisotopic (exact) mass is 275 g/mol. The number of aryl methyl sites for hydroxylation is 1. The average molecular weight is 275 g/mol. The molecule has 0 bridgehead atoms. The largest absolute Gasteiger partial charge is 0.496 e. The van der Waals surface area contributed by atoms with Crippen LogP contribution in [0.2, 0.25) is 0 Å². The smallest absolute Gasteiger partial charge is 0.228 e. The first-order chi connectivity index (χ1) is 9.63. The van der Waals surface area contributed by atoms with Crippen LogP contribution in [0.15, 0.2) is 22.7 Å². The predicted octanol–water partition coefficient (Wildman–Crippen LogP) is 2.72. The molecule has 0 saturated heterocycles. The fraction of sp³-hybridized carbons (Fsp3) is 0.467. The van der Waals surface area contributed by atoms with Crippen LogP contribution in [0.4, 0.5) is 0 Å². The van der Waals surface area contributed by atoms with Crippen LogP contribution in [0.25, 0.3) is 11.4 Å². The SMILES string of the molecule is CCCC(N)Cc1nc(-c2ccc(C)cc2OC)no1. The molecule has 1 aromatic carbocycles. The molecule has 1 atom stereocenters. The van der Waals surface area contributed by atoms with Gasteiger partial charge in [-0.15, -0.1) is 0 Å². The van der Waals surface area contributed by atoms with Gasteiger partial charge in [0.25, 0.3) is 0 Å². The number of nitrogens with two attached hydrogens (primary N) is 1. The molecule has 0 aliphatic rings. The molecule has 0 radical (unpaired) electrons. The number of aromatic nitrogens is 2. The fourth-order valence-electron chi connectivity index (χ4n) is 2.13. The number of nitrogens with zero attached hydrogens (tertiary/aromatic N) is 2. The quantitative estimate of drug-likeness (QED) is 0.877. The Bertz CT molecular complexity index is 566. The zero-order chi connectivity index (χ0) is 14.5. The first-order valence-electron chi connectivity index (χ1n) is 6.87. The molecule has 1 heterocycles. The van der Waals surface area contributed by atoms with Gasteiger partial charge in [0.1, 0.15) is 5.75 Å². The van der Waals surface area contributed by atoms with Crippen molar-refractivity contribution < 1.29 is 9.26 Å². The molecule has 1 unspecified atom stereocenters. The van der Waals surface area contributed by atoms with E-state index in [1.165, 1.54) is 0 Å². The summed E-state index contributed by atoms with van der Waals surface area (Å²) in [7, 11) is 1.64. The normalized spacial score (nSPS) is 12.4. The van der Waals surface area contributed by atoms with Gasteiger partial charge in [0.05, 0.1) is 12.7 Å². The summed E-state index contributed by atoms with van der Waals surface area (Å²) in [4.78, 5) is 4.40. The third-order valence-corrected chi connectivity index (χ3v) is 3.16. The van der Waals surface area contributed by atoms with Crippen LogP contribution in [0.3, 0.4) is 0 Å². The second-order valence-electron chi connectivity index (χ2n) is 4.97. The molecule has 2 N–H and O–H groups in total. The molecule has 0 spiro atoms. The van der Waals surface area contributed by atoms with Crippen molar-refractivity contribution in [2.75, 3.05) is 7.11 Å². The van der Waals surface area contributed by atoms with Gasteiger partial charge in [0.2, 0.25) is 11.7 Å². The van der Waals surface area contributed by atoms with E-state index in [1.807, 2.05) is 25.1 Å². The number of methoxy groups -OCH3 is 1. The summed E-state index contributed by atoms with van der Waals surface area (Å²) in [5.74, 6) is 1.86. The van der Waals surface area contributed by atoms with Crippen LogP contribution in [0.1, 0.15) is 31.2 Å². The Morgan fingerprint density at radius 3 is 2.90 bits per heavy atom. The standard InChI is InChI=1S/C15H21N3O2/c1-4-5-11(16)9-14-17-15(18-20-14)12-7-6-10(2)8-13(12)19-3/h6-8,11H,4-5,9,16H2,1-3H3. The summed E-state index contributed by atoms with van der Waals surface area (Å²) >= 11 is 0. The molecule has 20 heavy (non-hydrogen) atoms. The number of hydrogen-bond acceptors (Lipinski definition) is 5. The third-order valence-electron chi connectivity index (χ3n) is 3.16. The van der Waals surface area contributed by atoms with E-state index in [1.54, 1.807) is 7.11 Å². The summed E-state index contributed by atoms with van der Waals surface area (Å²) < 4.78 is 10.6. The van der Waals surface area contributed by atoms with E-state index in [0.717, 1.165) is 29.7 Å². The summed E-state index contributed by atoms with van der Waals surface area (Å²) in [5.41, 5.74) is 7.94. The summed E-state index contributed by atoms with van der Waals surface area (Å²) in [6.45, 7) is 4.12. The van der Waals surface area contributed by atoms with E-state index < -0.39 is 0 Å². The van der Waals surface area contributed by atoms with E-state index >= 15 is 0 Å². The Morgan fingerprint density at radius 2 is 2.20 bits per heavy atom. The van der Waals surface area contributed by atoms with Crippen LogP contribution in [0.5, 0.6) is 5.75 Å². The molecule has 0 aliphatic carbocycles. The highest BCUT2D eigenvalue weighted by Crippen LogP contribution is 2.28. The third kappa shape index (κ3) is 3.36. The Hall–Kier alpha value is -1.88. The molecule has 2 rings (SSSR count). The van der Waals surface area contributed by atoms with Crippen LogP contribution < -0.4 is 10.5 Å². The lowest BCUT2D eigenvalue weighted by atomic mass is 10.1. The van der Waals surface area contributed by atoms with Gasteiger partial charge in [-0.1, -0.05) is 24.6 Å². The van der Waals surface area contributed by atoms with Crippen molar-refractivity contribution in [1.29, 1.82) is 0 Å². The molecule has 2 aromatic rings. The topological polar surface area (TPSA) is 74.2 Å². The number of ether oxygens (including phenoxy) is 1. The molecule has 108 valence electrons. The van der Waals surface area contributed by atoms with Crippen molar-refractivity contribution in [3.63, 3.8) is 0 Å². The average Bonchev–Trinajstić information content (AvgIpc) is 2.87. The molecule has 0 saturated carbocycles. The molecular formula is C15H21N3O2. The lowest BCUT2D eigenvalue weighted by Crippen LogP contribution is -2.22. The summed E-state index contributed by atoms with van der Waals surface area (Å²) in [6.07, 6.45) is 2.61. The molecule has 0 aliphatic heterocycles. The van der Waals surface area contributed by atoms with E-state index in [9.17, 15) is 0 Å². The molecule has 5 nitrogen and oxygen atoms in total. The van der Waals surface area contributed by atoms with Crippen LogP contribution in [-0.4, -0.2) is 23.3 Å². The fourth-order valence-corrected chi connectivity index (χ4v) is 2.13. The Labute approximate surface area is 119 Å². The van der Waals surface area contributed by atoms with E-state index in [0.29, 0.717) is 18.1 Å². The lowest BCUT2D eigenvalue weighted by molar-refractivity contribution is 0.365. The van der Waals surface area contributed by atoms with Gasteiger partial charge in [0, 0.05) is 12.5 Å². The van der Waals surface area contributed by atoms with Gasteiger partial charge in [-0.2, -0.15) is 4.98 Å². The lowest BCUT2D eigenvalue weighted by Gasteiger charge is -2.06. The van der Waals surface area contributed by atoms with Crippen molar-refractivity contribution in [2.24, 2.45) is 5.73 Å². The van der Waals surface area contributed by atoms with E-state index in [-0.39, 0.29) is 6.04 Å². The molecule has 0 amide bonds. The van der Waals surface area contributed by atoms with E-state index in [2.05, 4.69) is 17.1 Å². The Balaban J connectivity index is 2.20. The number of benzene rings is 1. The molecule has 1 aromatic heterocycles. The highest BCUT2D eigenvalue weighted by atomic mass is 16.5. The van der Waals surface area contributed by atoms with Gasteiger partial charge >= 0.3 is 0 Å². The van der Waals surface area contributed by atoms with Crippen LogP contribution in [-0.2, 0) is 6.42 Å². The molecular weight excluding hydrogens is 254 g/mol. The summed E-state index contributed by atoms with van der Waals surface area (Å²) in [5, 5.41) is 4.02. The maximum absolute atomic E-state index is 5.99. The maximum atomic E-state index is 5.99. The zero-order valence-electron chi connectivity index (χ0n) is 12.2. The van der Waals surface area contributed by atoms with E-state index in [4.69, 9.17) is 15.0 Å². The van der Waals surface area contributed by atoms with Gasteiger partial charge in [-0.05, 0) is 31.0 Å². The van der Waals surface area contributed by atoms with Gasteiger partial charge in [-0.25, -0.2) is 0 Å². The van der Waals surface area contributed by atoms with Crippen molar-refractivity contribution in [3.8, 4) is 17.1 Å². The molecule has 0 fully saturated rings. The highest BCUT2D eigenvalue weighted by Gasteiger charge is 2.15. The Kier molecular flexibility index (Phi) is 4.74.